The number of likely N-dealkylation sites (N-methyl/N-ethyl adjacent to an activating group) is 1. The third-order valence-corrected chi connectivity index (χ3v) is 4.02. The number of hydrogen-bond donors (Lipinski definition) is 2. The Morgan fingerprint density at radius 3 is 2.33 bits per heavy atom. The first kappa shape index (κ1) is 14.3. The van der Waals surface area contributed by atoms with E-state index in [9.17, 15) is 13.2 Å². The minimum atomic E-state index is -3.65. The molecule has 0 aliphatic heterocycles. The van der Waals surface area contributed by atoms with Gasteiger partial charge in [0.25, 0.3) is 0 Å². The summed E-state index contributed by atoms with van der Waals surface area (Å²) in [7, 11) is -0.581. The minimum Gasteiger partial charge on any atom is -0.392 e. The first-order valence-electron chi connectivity index (χ1n) is 4.16. The summed E-state index contributed by atoms with van der Waals surface area (Å²) in [5.41, 5.74) is 5.21. The van der Waals surface area contributed by atoms with E-state index in [4.69, 9.17) is 5.73 Å². The SMILES string of the molecule is CC(C(N)=S)S(=O)(=O)NCC(=O)N(C)C. The molecular weight excluding hydrogens is 238 g/mol. The molecule has 0 heterocycles. The molecule has 0 rings (SSSR count). The molecule has 0 saturated heterocycles. The van der Waals surface area contributed by atoms with Crippen molar-refractivity contribution in [2.45, 2.75) is 12.2 Å². The van der Waals surface area contributed by atoms with Crippen LogP contribution in [0.25, 0.3) is 0 Å². The van der Waals surface area contributed by atoms with Gasteiger partial charge in [0.2, 0.25) is 15.9 Å². The highest BCUT2D eigenvalue weighted by atomic mass is 32.2. The van der Waals surface area contributed by atoms with Gasteiger partial charge in [-0.2, -0.15) is 0 Å². The lowest BCUT2D eigenvalue weighted by Crippen LogP contribution is -2.43. The molecule has 0 bridgehead atoms. The van der Waals surface area contributed by atoms with Crippen LogP contribution in [-0.4, -0.2) is 50.1 Å². The Morgan fingerprint density at radius 1 is 1.53 bits per heavy atom. The fraction of sp³-hybridized carbons (Fsp3) is 0.714. The molecule has 0 aromatic carbocycles. The predicted molar refractivity (Wildman–Crippen MR) is 61.9 cm³/mol. The van der Waals surface area contributed by atoms with E-state index in [1.165, 1.54) is 25.9 Å². The Morgan fingerprint density at radius 2 is 2.00 bits per heavy atom. The molecule has 0 fully saturated rings. The van der Waals surface area contributed by atoms with E-state index in [1.807, 2.05) is 0 Å². The van der Waals surface area contributed by atoms with Crippen LogP contribution in [0.4, 0.5) is 0 Å². The zero-order valence-corrected chi connectivity index (χ0v) is 10.5. The van der Waals surface area contributed by atoms with Crippen molar-refractivity contribution in [1.29, 1.82) is 0 Å². The van der Waals surface area contributed by atoms with Crippen molar-refractivity contribution in [3.8, 4) is 0 Å². The number of carbonyl (C=O) groups excluding carboxylic acids is 1. The number of carbonyl (C=O) groups is 1. The largest absolute Gasteiger partial charge is 0.392 e. The molecule has 8 heteroatoms. The first-order valence-corrected chi connectivity index (χ1v) is 6.12. The van der Waals surface area contributed by atoms with Crippen molar-refractivity contribution in [3.05, 3.63) is 0 Å². The molecule has 0 spiro atoms. The number of amides is 1. The summed E-state index contributed by atoms with van der Waals surface area (Å²) in [6, 6.07) is 0. The molecular formula is C7H15N3O3S2. The van der Waals surface area contributed by atoms with Crippen LogP contribution in [-0.2, 0) is 14.8 Å². The van der Waals surface area contributed by atoms with Gasteiger partial charge in [-0.1, -0.05) is 12.2 Å². The summed E-state index contributed by atoms with van der Waals surface area (Å²) in [4.78, 5) is 12.3. The first-order chi connectivity index (χ1) is 6.68. The van der Waals surface area contributed by atoms with Crippen LogP contribution in [0.3, 0.4) is 0 Å². The van der Waals surface area contributed by atoms with E-state index in [0.717, 1.165) is 0 Å². The fourth-order valence-electron chi connectivity index (χ4n) is 0.598. The molecule has 1 unspecified atom stereocenters. The van der Waals surface area contributed by atoms with E-state index in [0.29, 0.717) is 0 Å². The Labute approximate surface area is 94.9 Å². The Kier molecular flexibility index (Phi) is 5.12. The zero-order chi connectivity index (χ0) is 12.2. The van der Waals surface area contributed by atoms with Crippen molar-refractivity contribution < 1.29 is 13.2 Å². The maximum absolute atomic E-state index is 11.4. The highest BCUT2D eigenvalue weighted by Gasteiger charge is 2.23. The monoisotopic (exact) mass is 253 g/mol. The van der Waals surface area contributed by atoms with Crippen LogP contribution in [0, 0.1) is 0 Å². The fourth-order valence-corrected chi connectivity index (χ4v) is 1.86. The number of nitrogens with two attached hydrogens (primary N) is 1. The van der Waals surface area contributed by atoms with Gasteiger partial charge in [0, 0.05) is 14.1 Å². The number of nitrogens with one attached hydrogen (secondary N) is 1. The molecule has 88 valence electrons. The average Bonchev–Trinajstić information content (AvgIpc) is 2.12. The standard InChI is InChI=1S/C7H15N3O3S2/c1-5(7(8)14)15(12,13)9-4-6(11)10(2)3/h5,9H,4H2,1-3H3,(H2,8,14). The lowest BCUT2D eigenvalue weighted by molar-refractivity contribution is -0.127. The maximum Gasteiger partial charge on any atom is 0.237 e. The second-order valence-corrected chi connectivity index (χ2v) is 5.76. The molecule has 0 aromatic rings. The molecule has 0 saturated carbocycles. The number of hydrogen-bond acceptors (Lipinski definition) is 4. The van der Waals surface area contributed by atoms with Gasteiger partial charge >= 0.3 is 0 Å². The van der Waals surface area contributed by atoms with Gasteiger partial charge in [-0.15, -0.1) is 0 Å². The van der Waals surface area contributed by atoms with E-state index in [1.54, 1.807) is 0 Å². The van der Waals surface area contributed by atoms with Crippen LogP contribution in [0.1, 0.15) is 6.92 Å². The Bertz CT molecular complexity index is 350. The van der Waals surface area contributed by atoms with Crippen molar-refractivity contribution in [3.63, 3.8) is 0 Å². The molecule has 0 aliphatic carbocycles. The summed E-state index contributed by atoms with van der Waals surface area (Å²) < 4.78 is 25.0. The van der Waals surface area contributed by atoms with Crippen LogP contribution >= 0.6 is 12.2 Å². The predicted octanol–water partition coefficient (Wildman–Crippen LogP) is -1.33. The van der Waals surface area contributed by atoms with Crippen molar-refractivity contribution in [2.24, 2.45) is 5.73 Å². The number of rotatable bonds is 5. The number of nitrogens with zero attached hydrogens (tertiary/aromatic N) is 1. The van der Waals surface area contributed by atoms with Crippen LogP contribution in [0.5, 0.6) is 0 Å². The average molecular weight is 253 g/mol. The molecule has 0 aliphatic rings. The normalized spacial score (nSPS) is 13.3. The third kappa shape index (κ3) is 4.54. The summed E-state index contributed by atoms with van der Waals surface area (Å²) in [5.74, 6) is -0.339. The van der Waals surface area contributed by atoms with Crippen molar-refractivity contribution in [1.82, 2.24) is 9.62 Å². The second kappa shape index (κ2) is 5.38. The Balaban J connectivity index is 4.42. The van der Waals surface area contributed by atoms with E-state index >= 15 is 0 Å². The summed E-state index contributed by atoms with van der Waals surface area (Å²) in [6.45, 7) is 1.08. The third-order valence-electron chi connectivity index (χ3n) is 1.79. The van der Waals surface area contributed by atoms with Crippen molar-refractivity contribution >= 4 is 33.1 Å². The number of thiocarbonyl (C=S) groups is 1. The highest BCUT2D eigenvalue weighted by Crippen LogP contribution is 1.98. The molecule has 6 nitrogen and oxygen atoms in total. The molecule has 15 heavy (non-hydrogen) atoms. The van der Waals surface area contributed by atoms with Crippen molar-refractivity contribution in [2.75, 3.05) is 20.6 Å². The molecule has 1 amide bonds. The number of sulfonamides is 1. The maximum atomic E-state index is 11.4. The Hall–Kier alpha value is -0.730. The lowest BCUT2D eigenvalue weighted by Gasteiger charge is -2.14. The van der Waals surface area contributed by atoms with Crippen LogP contribution in [0.2, 0.25) is 0 Å². The van der Waals surface area contributed by atoms with E-state index in [2.05, 4.69) is 16.9 Å². The quantitative estimate of drug-likeness (QED) is 0.592. The minimum absolute atomic E-state index is 0.125. The van der Waals surface area contributed by atoms with Crippen LogP contribution < -0.4 is 10.5 Å². The lowest BCUT2D eigenvalue weighted by atomic mass is 10.5. The molecule has 0 radical (unpaired) electrons. The van der Waals surface area contributed by atoms with Gasteiger partial charge in [-0.3, -0.25) is 4.79 Å². The second-order valence-electron chi connectivity index (χ2n) is 3.20. The van der Waals surface area contributed by atoms with Gasteiger partial charge in [0.05, 0.1) is 11.5 Å². The zero-order valence-electron chi connectivity index (χ0n) is 8.85. The summed E-state index contributed by atoms with van der Waals surface area (Å²) in [5, 5.41) is -0.984. The van der Waals surface area contributed by atoms with E-state index in [-0.39, 0.29) is 17.4 Å². The highest BCUT2D eigenvalue weighted by molar-refractivity contribution is 7.93. The van der Waals surface area contributed by atoms with Gasteiger partial charge in [-0.05, 0) is 6.92 Å². The van der Waals surface area contributed by atoms with Gasteiger partial charge in [0.1, 0.15) is 5.25 Å². The summed E-state index contributed by atoms with van der Waals surface area (Å²) in [6.07, 6.45) is 0. The van der Waals surface area contributed by atoms with E-state index < -0.39 is 15.3 Å². The molecule has 1 atom stereocenters. The topological polar surface area (TPSA) is 92.5 Å². The van der Waals surface area contributed by atoms with Gasteiger partial charge in [-0.25, -0.2) is 13.1 Å². The molecule has 0 aromatic heterocycles. The molecule has 3 N–H and O–H groups in total. The van der Waals surface area contributed by atoms with Gasteiger partial charge in [0.15, 0.2) is 0 Å². The smallest absolute Gasteiger partial charge is 0.237 e. The van der Waals surface area contributed by atoms with Gasteiger partial charge < -0.3 is 10.6 Å². The van der Waals surface area contributed by atoms with Crippen LogP contribution in [0.15, 0.2) is 0 Å². The summed E-state index contributed by atoms with van der Waals surface area (Å²) >= 11 is 4.56.